The standard InChI is InChI=1S/C16H25BrN2O/c1-11(2)9-10-18-16(20)13(4)19-12(3)14-7-5-6-8-15(14)17/h5-8,11-13,19H,9-10H2,1-4H3,(H,18,20)/t12-,13?/m0/s1. The molecular weight excluding hydrogens is 316 g/mol. The molecule has 0 aliphatic rings. The van der Waals surface area contributed by atoms with Crippen LogP contribution in [0.3, 0.4) is 0 Å². The van der Waals surface area contributed by atoms with E-state index >= 15 is 0 Å². The molecule has 0 radical (unpaired) electrons. The van der Waals surface area contributed by atoms with Gasteiger partial charge < -0.3 is 5.32 Å². The van der Waals surface area contributed by atoms with Crippen molar-refractivity contribution in [1.29, 1.82) is 0 Å². The molecule has 1 aromatic carbocycles. The van der Waals surface area contributed by atoms with Crippen molar-refractivity contribution in [3.8, 4) is 0 Å². The summed E-state index contributed by atoms with van der Waals surface area (Å²) >= 11 is 3.54. The van der Waals surface area contributed by atoms with Crippen molar-refractivity contribution in [2.75, 3.05) is 6.54 Å². The van der Waals surface area contributed by atoms with Gasteiger partial charge in [-0.1, -0.05) is 48.0 Å². The van der Waals surface area contributed by atoms with Crippen molar-refractivity contribution in [3.63, 3.8) is 0 Å². The highest BCUT2D eigenvalue weighted by Crippen LogP contribution is 2.22. The van der Waals surface area contributed by atoms with Crippen LogP contribution in [0.2, 0.25) is 0 Å². The Morgan fingerprint density at radius 2 is 1.85 bits per heavy atom. The molecule has 0 bridgehead atoms. The number of halogens is 1. The van der Waals surface area contributed by atoms with Gasteiger partial charge in [-0.25, -0.2) is 0 Å². The van der Waals surface area contributed by atoms with Crippen molar-refractivity contribution in [2.24, 2.45) is 5.92 Å². The second kappa shape index (κ2) is 8.42. The molecule has 0 saturated carbocycles. The second-order valence-electron chi connectivity index (χ2n) is 5.61. The lowest BCUT2D eigenvalue weighted by Crippen LogP contribution is -2.43. The fraction of sp³-hybridized carbons (Fsp3) is 0.562. The molecule has 0 aromatic heterocycles. The van der Waals surface area contributed by atoms with Gasteiger partial charge in [-0.05, 0) is 37.8 Å². The van der Waals surface area contributed by atoms with Gasteiger partial charge in [0.1, 0.15) is 0 Å². The van der Waals surface area contributed by atoms with Crippen LogP contribution < -0.4 is 10.6 Å². The zero-order valence-electron chi connectivity index (χ0n) is 12.7. The minimum Gasteiger partial charge on any atom is -0.355 e. The largest absolute Gasteiger partial charge is 0.355 e. The summed E-state index contributed by atoms with van der Waals surface area (Å²) in [4.78, 5) is 12.0. The first-order chi connectivity index (χ1) is 9.41. The van der Waals surface area contributed by atoms with E-state index in [1.807, 2.05) is 25.1 Å². The predicted octanol–water partition coefficient (Wildman–Crippen LogP) is 3.65. The van der Waals surface area contributed by atoms with Gasteiger partial charge in [-0.3, -0.25) is 10.1 Å². The van der Waals surface area contributed by atoms with Gasteiger partial charge in [-0.15, -0.1) is 0 Å². The number of nitrogens with one attached hydrogen (secondary N) is 2. The Kier molecular flexibility index (Phi) is 7.24. The molecule has 20 heavy (non-hydrogen) atoms. The first kappa shape index (κ1) is 17.2. The van der Waals surface area contributed by atoms with Gasteiger partial charge in [0.2, 0.25) is 5.91 Å². The zero-order chi connectivity index (χ0) is 15.1. The molecule has 0 fully saturated rings. The molecule has 0 aliphatic heterocycles. The van der Waals surface area contributed by atoms with Crippen LogP contribution in [0.5, 0.6) is 0 Å². The Hall–Kier alpha value is -0.870. The van der Waals surface area contributed by atoms with Gasteiger partial charge >= 0.3 is 0 Å². The summed E-state index contributed by atoms with van der Waals surface area (Å²) in [7, 11) is 0. The van der Waals surface area contributed by atoms with Crippen molar-refractivity contribution >= 4 is 21.8 Å². The zero-order valence-corrected chi connectivity index (χ0v) is 14.3. The summed E-state index contributed by atoms with van der Waals surface area (Å²) in [6, 6.07) is 7.99. The van der Waals surface area contributed by atoms with Gasteiger partial charge in [0.05, 0.1) is 6.04 Å². The molecule has 2 atom stereocenters. The van der Waals surface area contributed by atoms with E-state index in [0.29, 0.717) is 5.92 Å². The Bertz CT molecular complexity index is 434. The number of carbonyl (C=O) groups is 1. The maximum atomic E-state index is 12.0. The highest BCUT2D eigenvalue weighted by Gasteiger charge is 2.17. The Labute approximate surface area is 130 Å². The van der Waals surface area contributed by atoms with Crippen molar-refractivity contribution in [3.05, 3.63) is 34.3 Å². The molecule has 1 aromatic rings. The van der Waals surface area contributed by atoms with Crippen LogP contribution in [0.4, 0.5) is 0 Å². The van der Waals surface area contributed by atoms with Crippen LogP contribution in [0.15, 0.2) is 28.7 Å². The second-order valence-corrected chi connectivity index (χ2v) is 6.46. The van der Waals surface area contributed by atoms with Crippen LogP contribution in [0, 0.1) is 5.92 Å². The molecule has 1 amide bonds. The lowest BCUT2D eigenvalue weighted by molar-refractivity contribution is -0.122. The number of benzene rings is 1. The summed E-state index contributed by atoms with van der Waals surface area (Å²) in [6.45, 7) is 9.02. The third-order valence-corrected chi connectivity index (χ3v) is 4.01. The van der Waals surface area contributed by atoms with E-state index in [1.165, 1.54) is 0 Å². The number of amides is 1. The normalized spacial score (nSPS) is 14.1. The van der Waals surface area contributed by atoms with Gasteiger partial charge in [-0.2, -0.15) is 0 Å². The molecule has 2 N–H and O–H groups in total. The summed E-state index contributed by atoms with van der Waals surface area (Å²) in [5.41, 5.74) is 1.16. The van der Waals surface area contributed by atoms with Crippen LogP contribution >= 0.6 is 15.9 Å². The predicted molar refractivity (Wildman–Crippen MR) is 87.6 cm³/mol. The average molecular weight is 341 g/mol. The SMILES string of the molecule is CC(C)CCNC(=O)C(C)N[C@@H](C)c1ccccc1Br. The van der Waals surface area contributed by atoms with E-state index in [4.69, 9.17) is 0 Å². The fourth-order valence-electron chi connectivity index (χ4n) is 2.00. The summed E-state index contributed by atoms with van der Waals surface area (Å²) in [6.07, 6.45) is 1.01. The quantitative estimate of drug-likeness (QED) is 0.795. The molecule has 0 heterocycles. The monoisotopic (exact) mass is 340 g/mol. The van der Waals surface area contributed by atoms with Crippen molar-refractivity contribution in [1.82, 2.24) is 10.6 Å². The van der Waals surface area contributed by atoms with Gasteiger partial charge in [0.25, 0.3) is 0 Å². The van der Waals surface area contributed by atoms with E-state index < -0.39 is 0 Å². The molecule has 3 nitrogen and oxygen atoms in total. The first-order valence-electron chi connectivity index (χ1n) is 7.20. The molecule has 1 unspecified atom stereocenters. The average Bonchev–Trinajstić information content (AvgIpc) is 2.38. The highest BCUT2D eigenvalue weighted by atomic mass is 79.9. The third kappa shape index (κ3) is 5.63. The maximum absolute atomic E-state index is 12.0. The van der Waals surface area contributed by atoms with Gasteiger partial charge in [0.15, 0.2) is 0 Å². The number of rotatable bonds is 7. The maximum Gasteiger partial charge on any atom is 0.236 e. The lowest BCUT2D eigenvalue weighted by Gasteiger charge is -2.21. The summed E-state index contributed by atoms with van der Waals surface area (Å²) < 4.78 is 1.06. The van der Waals surface area contributed by atoms with Crippen LogP contribution in [0.25, 0.3) is 0 Å². The Balaban J connectivity index is 2.47. The van der Waals surface area contributed by atoms with Crippen molar-refractivity contribution in [2.45, 2.75) is 46.2 Å². The summed E-state index contributed by atoms with van der Waals surface area (Å²) in [5.74, 6) is 0.669. The number of hydrogen-bond acceptors (Lipinski definition) is 2. The third-order valence-electron chi connectivity index (χ3n) is 3.29. The lowest BCUT2D eigenvalue weighted by atomic mass is 10.1. The topological polar surface area (TPSA) is 41.1 Å². The van der Waals surface area contributed by atoms with E-state index in [1.54, 1.807) is 0 Å². The van der Waals surface area contributed by atoms with E-state index in [-0.39, 0.29) is 18.0 Å². The first-order valence-corrected chi connectivity index (χ1v) is 7.99. The molecular formula is C16H25BrN2O. The molecule has 4 heteroatoms. The van der Waals surface area contributed by atoms with E-state index in [9.17, 15) is 4.79 Å². The Morgan fingerprint density at radius 1 is 1.20 bits per heavy atom. The minimum atomic E-state index is -0.204. The molecule has 0 aliphatic carbocycles. The number of hydrogen-bond donors (Lipinski definition) is 2. The Morgan fingerprint density at radius 3 is 2.45 bits per heavy atom. The molecule has 0 saturated heterocycles. The van der Waals surface area contributed by atoms with Crippen LogP contribution in [0.1, 0.15) is 45.7 Å². The van der Waals surface area contributed by atoms with E-state index in [2.05, 4.69) is 53.4 Å². The highest BCUT2D eigenvalue weighted by molar-refractivity contribution is 9.10. The fourth-order valence-corrected chi connectivity index (χ4v) is 2.63. The van der Waals surface area contributed by atoms with Gasteiger partial charge in [0, 0.05) is 17.1 Å². The van der Waals surface area contributed by atoms with Crippen molar-refractivity contribution < 1.29 is 4.79 Å². The van der Waals surface area contributed by atoms with Crippen LogP contribution in [-0.4, -0.2) is 18.5 Å². The molecule has 0 spiro atoms. The molecule has 112 valence electrons. The number of carbonyl (C=O) groups excluding carboxylic acids is 1. The van der Waals surface area contributed by atoms with Crippen LogP contribution in [-0.2, 0) is 4.79 Å². The summed E-state index contributed by atoms with van der Waals surface area (Å²) in [5, 5.41) is 6.30. The minimum absolute atomic E-state index is 0.0598. The van der Waals surface area contributed by atoms with E-state index in [0.717, 1.165) is 23.0 Å². The smallest absolute Gasteiger partial charge is 0.236 e. The molecule has 1 rings (SSSR count).